The van der Waals surface area contributed by atoms with E-state index in [1.165, 1.54) is 15.6 Å². The second kappa shape index (κ2) is 6.55. The van der Waals surface area contributed by atoms with E-state index in [9.17, 15) is 4.79 Å². The van der Waals surface area contributed by atoms with Gasteiger partial charge in [-0.05, 0) is 12.8 Å². The minimum Gasteiger partial charge on any atom is -0.381 e. The minimum atomic E-state index is -0.429. The second-order valence-corrected chi connectivity index (χ2v) is 5.99. The molecule has 2 aliphatic heterocycles. The Bertz CT molecular complexity index is 826. The van der Waals surface area contributed by atoms with Gasteiger partial charge in [-0.25, -0.2) is 14.4 Å². The lowest BCUT2D eigenvalue weighted by molar-refractivity contribution is 0.0489. The Hall–Kier alpha value is -2.88. The molecule has 2 aromatic rings. The number of likely N-dealkylation sites (tertiary alicyclic amines) is 1. The van der Waals surface area contributed by atoms with E-state index in [4.69, 9.17) is 4.74 Å². The summed E-state index contributed by atoms with van der Waals surface area (Å²) in [5.41, 5.74) is 0.199. The van der Waals surface area contributed by atoms with E-state index < -0.39 is 6.17 Å². The van der Waals surface area contributed by atoms with E-state index >= 15 is 0 Å². The summed E-state index contributed by atoms with van der Waals surface area (Å²) in [4.78, 5) is 19.2. The van der Waals surface area contributed by atoms with Gasteiger partial charge in [0.05, 0.1) is 24.8 Å². The molecule has 4 rings (SSSR count). The summed E-state index contributed by atoms with van der Waals surface area (Å²) in [6.45, 7) is 1.81. The zero-order chi connectivity index (χ0) is 17.2. The van der Waals surface area contributed by atoms with Gasteiger partial charge >= 0.3 is 0 Å². The van der Waals surface area contributed by atoms with Gasteiger partial charge in [0.1, 0.15) is 5.82 Å². The van der Waals surface area contributed by atoms with Crippen LogP contribution < -0.4 is 10.9 Å². The summed E-state index contributed by atoms with van der Waals surface area (Å²) in [6.07, 6.45) is 10.2. The van der Waals surface area contributed by atoms with Crippen LogP contribution in [0.1, 0.15) is 19.0 Å². The van der Waals surface area contributed by atoms with Gasteiger partial charge in [0.25, 0.3) is 5.56 Å². The van der Waals surface area contributed by atoms with Crippen molar-refractivity contribution in [3.8, 4) is 5.69 Å². The molecule has 1 fully saturated rings. The fourth-order valence-electron chi connectivity index (χ4n) is 3.15. The Morgan fingerprint density at radius 1 is 1.32 bits per heavy atom. The summed E-state index contributed by atoms with van der Waals surface area (Å²) in [6, 6.07) is 0. The first-order valence-corrected chi connectivity index (χ1v) is 8.20. The highest BCUT2D eigenvalue weighted by atomic mass is 16.5. The summed E-state index contributed by atoms with van der Waals surface area (Å²) in [5, 5.41) is 13.7. The number of hydrogen-bond acceptors (Lipinski definition) is 7. The monoisotopic (exact) mass is 344 g/mol. The molecule has 0 aromatic carbocycles. The van der Waals surface area contributed by atoms with Gasteiger partial charge in [0.2, 0.25) is 0 Å². The highest BCUT2D eigenvalue weighted by Crippen LogP contribution is 2.20. The third-order valence-electron chi connectivity index (χ3n) is 4.57. The smallest absolute Gasteiger partial charge is 0.294 e. The molecule has 0 saturated carbocycles. The molecule has 2 aliphatic rings. The zero-order valence-electron chi connectivity index (χ0n) is 13.9. The van der Waals surface area contributed by atoms with Crippen molar-refractivity contribution in [3.63, 3.8) is 0 Å². The Morgan fingerprint density at radius 3 is 2.88 bits per heavy atom. The van der Waals surface area contributed by atoms with Gasteiger partial charge in [-0.2, -0.15) is 0 Å². The standard InChI is InChI=1S/C15H20N8O2/c1-25-11-2-5-21(6-3-11)13-8-14(17-10-16-13)23-15(24)12(9-19-23)22-7-4-18-20-22/h4,7-11,14,19H,2-3,5-6H2,1H3,(H,16,17). The van der Waals surface area contributed by atoms with Crippen LogP contribution in [0, 0.1) is 0 Å². The molecule has 0 spiro atoms. The van der Waals surface area contributed by atoms with Crippen molar-refractivity contribution >= 4 is 6.34 Å². The average Bonchev–Trinajstić information content (AvgIpc) is 3.31. The lowest BCUT2D eigenvalue weighted by Crippen LogP contribution is -2.41. The van der Waals surface area contributed by atoms with Gasteiger partial charge in [-0.3, -0.25) is 9.89 Å². The molecule has 132 valence electrons. The van der Waals surface area contributed by atoms with Crippen LogP contribution in [0.2, 0.25) is 0 Å². The highest BCUT2D eigenvalue weighted by molar-refractivity contribution is 5.59. The summed E-state index contributed by atoms with van der Waals surface area (Å²) in [5.74, 6) is 0.957. The van der Waals surface area contributed by atoms with Crippen molar-refractivity contribution in [3.05, 3.63) is 40.8 Å². The molecule has 0 radical (unpaired) electrons. The summed E-state index contributed by atoms with van der Waals surface area (Å²) < 4.78 is 8.31. The number of aromatic amines is 1. The third-order valence-corrected chi connectivity index (χ3v) is 4.57. The van der Waals surface area contributed by atoms with Crippen LogP contribution in [0.5, 0.6) is 0 Å². The van der Waals surface area contributed by atoms with Crippen molar-refractivity contribution in [2.24, 2.45) is 4.99 Å². The first kappa shape index (κ1) is 15.6. The van der Waals surface area contributed by atoms with Crippen molar-refractivity contribution in [2.45, 2.75) is 25.1 Å². The lowest BCUT2D eigenvalue weighted by Gasteiger charge is -2.35. The van der Waals surface area contributed by atoms with Gasteiger partial charge in [-0.15, -0.1) is 5.10 Å². The SMILES string of the molecule is COC1CCN(C2=CC(n3[nH]cc(-n4ccnn4)c3=O)N=CN2)CC1. The number of piperidine rings is 1. The predicted molar refractivity (Wildman–Crippen MR) is 90.3 cm³/mol. The Balaban J connectivity index is 1.55. The molecular weight excluding hydrogens is 324 g/mol. The topological polar surface area (TPSA) is 105 Å². The maximum atomic E-state index is 12.6. The van der Waals surface area contributed by atoms with E-state index in [1.54, 1.807) is 25.8 Å². The normalized spacial score (nSPS) is 21.2. The lowest BCUT2D eigenvalue weighted by atomic mass is 10.1. The van der Waals surface area contributed by atoms with E-state index in [1.807, 2.05) is 6.08 Å². The van der Waals surface area contributed by atoms with Crippen LogP contribution in [-0.2, 0) is 4.74 Å². The number of hydrogen-bond donors (Lipinski definition) is 2. The minimum absolute atomic E-state index is 0.205. The number of aliphatic imine (C=N–C) groups is 1. The Kier molecular flexibility index (Phi) is 4.10. The molecular formula is C15H20N8O2. The Morgan fingerprint density at radius 2 is 2.16 bits per heavy atom. The molecule has 0 aliphatic carbocycles. The van der Waals surface area contributed by atoms with Crippen LogP contribution in [0.4, 0.5) is 0 Å². The van der Waals surface area contributed by atoms with Gasteiger partial charge in [0, 0.05) is 32.5 Å². The number of aromatic nitrogens is 5. The summed E-state index contributed by atoms with van der Waals surface area (Å²) >= 11 is 0. The van der Waals surface area contributed by atoms with Crippen LogP contribution in [0.15, 0.2) is 40.3 Å². The van der Waals surface area contributed by atoms with Crippen molar-refractivity contribution in [1.29, 1.82) is 0 Å². The van der Waals surface area contributed by atoms with Crippen LogP contribution in [0.3, 0.4) is 0 Å². The average molecular weight is 344 g/mol. The second-order valence-electron chi connectivity index (χ2n) is 5.99. The van der Waals surface area contributed by atoms with Gasteiger partial charge in [0.15, 0.2) is 11.9 Å². The summed E-state index contributed by atoms with van der Waals surface area (Å²) in [7, 11) is 1.76. The first-order chi connectivity index (χ1) is 12.3. The zero-order valence-corrected chi connectivity index (χ0v) is 13.9. The number of methoxy groups -OCH3 is 1. The van der Waals surface area contributed by atoms with Crippen molar-refractivity contribution in [2.75, 3.05) is 20.2 Å². The molecule has 2 N–H and O–H groups in total. The third kappa shape index (κ3) is 2.95. The maximum Gasteiger partial charge on any atom is 0.294 e. The van der Waals surface area contributed by atoms with Crippen LogP contribution >= 0.6 is 0 Å². The quantitative estimate of drug-likeness (QED) is 0.798. The van der Waals surface area contributed by atoms with Crippen LogP contribution in [0.25, 0.3) is 5.69 Å². The maximum absolute atomic E-state index is 12.6. The molecule has 1 unspecified atom stereocenters. The fourth-order valence-corrected chi connectivity index (χ4v) is 3.15. The van der Waals surface area contributed by atoms with E-state index in [0.717, 1.165) is 31.8 Å². The van der Waals surface area contributed by atoms with Gasteiger partial charge in [-0.1, -0.05) is 5.21 Å². The number of nitrogens with zero attached hydrogens (tertiary/aromatic N) is 6. The number of H-pyrrole nitrogens is 1. The number of ether oxygens (including phenoxy) is 1. The Labute approximate surface area is 143 Å². The molecule has 0 amide bonds. The number of nitrogens with one attached hydrogen (secondary N) is 2. The molecule has 25 heavy (non-hydrogen) atoms. The molecule has 1 atom stereocenters. The molecule has 10 heteroatoms. The van der Waals surface area contributed by atoms with Crippen molar-refractivity contribution in [1.82, 2.24) is 35.0 Å². The molecule has 4 heterocycles. The first-order valence-electron chi connectivity index (χ1n) is 8.20. The molecule has 1 saturated heterocycles. The van der Waals surface area contributed by atoms with Gasteiger partial charge < -0.3 is 15.0 Å². The van der Waals surface area contributed by atoms with E-state index in [0.29, 0.717) is 11.8 Å². The largest absolute Gasteiger partial charge is 0.381 e. The number of rotatable bonds is 4. The fraction of sp³-hybridized carbons (Fsp3) is 0.467. The highest BCUT2D eigenvalue weighted by Gasteiger charge is 2.23. The molecule has 0 bridgehead atoms. The molecule has 2 aromatic heterocycles. The predicted octanol–water partition coefficient (Wildman–Crippen LogP) is -0.161. The van der Waals surface area contributed by atoms with Crippen LogP contribution in [-0.4, -0.2) is 62.3 Å². The van der Waals surface area contributed by atoms with Crippen molar-refractivity contribution < 1.29 is 4.74 Å². The van der Waals surface area contributed by atoms with E-state index in [2.05, 4.69) is 30.6 Å². The van der Waals surface area contributed by atoms with E-state index in [-0.39, 0.29) is 5.56 Å². The molecule has 10 nitrogen and oxygen atoms in total.